The molecule has 0 heterocycles. The van der Waals surface area contributed by atoms with Crippen LogP contribution in [0.15, 0.2) is 12.1 Å². The zero-order valence-corrected chi connectivity index (χ0v) is 13.0. The molecule has 1 unspecified atom stereocenters. The van der Waals surface area contributed by atoms with Crippen LogP contribution in [0.2, 0.25) is 0 Å². The number of hydrogen-bond acceptors (Lipinski definition) is 1. The fourth-order valence-electron chi connectivity index (χ4n) is 2.31. The van der Waals surface area contributed by atoms with Crippen molar-refractivity contribution in [3.63, 3.8) is 0 Å². The summed E-state index contributed by atoms with van der Waals surface area (Å²) in [6, 6.07) is 4.49. The first-order valence-corrected chi connectivity index (χ1v) is 6.96. The average Bonchev–Trinajstić information content (AvgIpc) is 2.25. The molecule has 1 aromatic rings. The Bertz CT molecular complexity index is 444. The van der Waals surface area contributed by atoms with E-state index in [1.807, 2.05) is 0 Å². The van der Waals surface area contributed by atoms with Crippen molar-refractivity contribution in [2.24, 2.45) is 5.92 Å². The van der Waals surface area contributed by atoms with Gasteiger partial charge in [-0.2, -0.15) is 0 Å². The summed E-state index contributed by atoms with van der Waals surface area (Å²) in [5, 5.41) is 8.95. The van der Waals surface area contributed by atoms with Crippen molar-refractivity contribution in [1.82, 2.24) is 0 Å². The third-order valence-corrected chi connectivity index (χ3v) is 3.81. The van der Waals surface area contributed by atoms with Crippen LogP contribution >= 0.6 is 0 Å². The highest BCUT2D eigenvalue weighted by molar-refractivity contribution is 5.69. The molecule has 0 radical (unpaired) electrons. The summed E-state index contributed by atoms with van der Waals surface area (Å²) in [7, 11) is 0. The molecule has 0 amide bonds. The summed E-state index contributed by atoms with van der Waals surface area (Å²) in [4.78, 5) is 10.9. The summed E-state index contributed by atoms with van der Waals surface area (Å²) in [5.74, 6) is -0.984. The van der Waals surface area contributed by atoms with Crippen LogP contribution in [0.1, 0.15) is 56.4 Å². The highest BCUT2D eigenvalue weighted by Crippen LogP contribution is 2.27. The van der Waals surface area contributed by atoms with Gasteiger partial charge in [0.05, 0.1) is 5.92 Å². The standard InChI is InChI=1S/C17H26O2/c1-11(16(18)19)7-8-15-12(2)9-14(10-13(15)3)17(4,5)6/h9-11H,7-8H2,1-6H3,(H,18,19). The van der Waals surface area contributed by atoms with Crippen LogP contribution in [0.4, 0.5) is 0 Å². The second-order valence-electron chi connectivity index (χ2n) is 6.62. The van der Waals surface area contributed by atoms with Crippen molar-refractivity contribution >= 4 is 5.97 Å². The van der Waals surface area contributed by atoms with Gasteiger partial charge in [0.25, 0.3) is 0 Å². The summed E-state index contributed by atoms with van der Waals surface area (Å²) in [6.45, 7) is 12.7. The highest BCUT2D eigenvalue weighted by Gasteiger charge is 2.17. The molecule has 2 nitrogen and oxygen atoms in total. The molecule has 1 aromatic carbocycles. The molecule has 1 atom stereocenters. The quantitative estimate of drug-likeness (QED) is 0.880. The highest BCUT2D eigenvalue weighted by atomic mass is 16.4. The van der Waals surface area contributed by atoms with Crippen molar-refractivity contribution in [2.45, 2.75) is 59.8 Å². The molecule has 0 aliphatic rings. The molecule has 106 valence electrons. The summed E-state index contributed by atoms with van der Waals surface area (Å²) >= 11 is 0. The Labute approximate surface area is 116 Å². The third-order valence-electron chi connectivity index (χ3n) is 3.81. The number of rotatable bonds is 4. The van der Waals surface area contributed by atoms with E-state index in [-0.39, 0.29) is 11.3 Å². The van der Waals surface area contributed by atoms with E-state index in [1.165, 1.54) is 22.3 Å². The largest absolute Gasteiger partial charge is 0.481 e. The second-order valence-corrected chi connectivity index (χ2v) is 6.62. The number of hydrogen-bond donors (Lipinski definition) is 1. The van der Waals surface area contributed by atoms with Crippen molar-refractivity contribution in [1.29, 1.82) is 0 Å². The Hall–Kier alpha value is -1.31. The topological polar surface area (TPSA) is 37.3 Å². The van der Waals surface area contributed by atoms with Crippen molar-refractivity contribution in [3.05, 3.63) is 34.4 Å². The van der Waals surface area contributed by atoms with Gasteiger partial charge in [-0.05, 0) is 54.4 Å². The summed E-state index contributed by atoms with van der Waals surface area (Å²) in [6.07, 6.45) is 1.54. The van der Waals surface area contributed by atoms with E-state index in [1.54, 1.807) is 6.92 Å². The SMILES string of the molecule is Cc1cc(C(C)(C)C)cc(C)c1CCC(C)C(=O)O. The summed E-state index contributed by atoms with van der Waals surface area (Å²) < 4.78 is 0. The van der Waals surface area contributed by atoms with Gasteiger partial charge in [0.15, 0.2) is 0 Å². The molecular weight excluding hydrogens is 236 g/mol. The first-order chi connectivity index (χ1) is 8.62. The predicted octanol–water partition coefficient (Wildman–Crippen LogP) is 4.25. The van der Waals surface area contributed by atoms with E-state index in [2.05, 4.69) is 46.8 Å². The molecule has 0 saturated carbocycles. The predicted molar refractivity (Wildman–Crippen MR) is 79.7 cm³/mol. The molecule has 19 heavy (non-hydrogen) atoms. The Morgan fingerprint density at radius 3 is 2.05 bits per heavy atom. The lowest BCUT2D eigenvalue weighted by Crippen LogP contribution is -2.14. The molecule has 1 rings (SSSR count). The number of carbonyl (C=O) groups is 1. The van der Waals surface area contributed by atoms with Gasteiger partial charge in [0.1, 0.15) is 0 Å². The Morgan fingerprint density at radius 1 is 1.21 bits per heavy atom. The summed E-state index contributed by atoms with van der Waals surface area (Å²) in [5.41, 5.74) is 5.37. The van der Waals surface area contributed by atoms with E-state index >= 15 is 0 Å². The molecule has 2 heteroatoms. The van der Waals surface area contributed by atoms with Crippen LogP contribution in [-0.4, -0.2) is 11.1 Å². The molecule has 0 saturated heterocycles. The molecular formula is C17H26O2. The Morgan fingerprint density at radius 2 is 1.68 bits per heavy atom. The fourth-order valence-corrected chi connectivity index (χ4v) is 2.31. The monoisotopic (exact) mass is 262 g/mol. The molecule has 0 spiro atoms. The smallest absolute Gasteiger partial charge is 0.306 e. The lowest BCUT2D eigenvalue weighted by Gasteiger charge is -2.22. The minimum Gasteiger partial charge on any atom is -0.481 e. The maximum atomic E-state index is 10.9. The van der Waals surface area contributed by atoms with Gasteiger partial charge in [-0.25, -0.2) is 0 Å². The van der Waals surface area contributed by atoms with E-state index in [0.717, 1.165) is 6.42 Å². The number of aliphatic carboxylic acids is 1. The lowest BCUT2D eigenvalue weighted by atomic mass is 9.83. The van der Waals surface area contributed by atoms with Gasteiger partial charge in [0, 0.05) is 0 Å². The first-order valence-electron chi connectivity index (χ1n) is 6.96. The lowest BCUT2D eigenvalue weighted by molar-refractivity contribution is -0.141. The maximum absolute atomic E-state index is 10.9. The van der Waals surface area contributed by atoms with Gasteiger partial charge < -0.3 is 5.11 Å². The number of carboxylic acid groups (broad SMARTS) is 1. The minimum atomic E-state index is -0.707. The van der Waals surface area contributed by atoms with Gasteiger partial charge in [0.2, 0.25) is 0 Å². The zero-order valence-electron chi connectivity index (χ0n) is 13.0. The van der Waals surface area contributed by atoms with Crippen molar-refractivity contribution in [2.75, 3.05) is 0 Å². The number of aryl methyl sites for hydroxylation is 2. The van der Waals surface area contributed by atoms with E-state index in [9.17, 15) is 4.79 Å². The normalized spacial score (nSPS) is 13.4. The van der Waals surface area contributed by atoms with Crippen molar-refractivity contribution < 1.29 is 9.90 Å². The van der Waals surface area contributed by atoms with Gasteiger partial charge in [-0.15, -0.1) is 0 Å². The zero-order chi connectivity index (χ0) is 14.8. The molecule has 0 aliphatic carbocycles. The average molecular weight is 262 g/mol. The maximum Gasteiger partial charge on any atom is 0.306 e. The van der Waals surface area contributed by atoms with Crippen LogP contribution < -0.4 is 0 Å². The molecule has 0 fully saturated rings. The van der Waals surface area contributed by atoms with Gasteiger partial charge in [-0.1, -0.05) is 39.8 Å². The first kappa shape index (κ1) is 15.7. The minimum absolute atomic E-state index is 0.155. The van der Waals surface area contributed by atoms with E-state index in [0.29, 0.717) is 6.42 Å². The van der Waals surface area contributed by atoms with Gasteiger partial charge >= 0.3 is 5.97 Å². The van der Waals surface area contributed by atoms with Crippen molar-refractivity contribution in [3.8, 4) is 0 Å². The molecule has 0 bridgehead atoms. The molecule has 0 aliphatic heterocycles. The van der Waals surface area contributed by atoms with E-state index < -0.39 is 5.97 Å². The second kappa shape index (κ2) is 5.77. The Kier molecular flexibility index (Phi) is 4.78. The molecule has 0 aromatic heterocycles. The fraction of sp³-hybridized carbons (Fsp3) is 0.588. The van der Waals surface area contributed by atoms with Gasteiger partial charge in [-0.3, -0.25) is 4.79 Å². The third kappa shape index (κ3) is 4.09. The number of carboxylic acids is 1. The van der Waals surface area contributed by atoms with E-state index in [4.69, 9.17) is 5.11 Å². The molecule has 1 N–H and O–H groups in total. The van der Waals surface area contributed by atoms with Crippen LogP contribution in [0.25, 0.3) is 0 Å². The van der Waals surface area contributed by atoms with Crippen LogP contribution in [-0.2, 0) is 16.6 Å². The Balaban J connectivity index is 2.95. The van der Waals surface area contributed by atoms with Crippen LogP contribution in [0.3, 0.4) is 0 Å². The van der Waals surface area contributed by atoms with Crippen LogP contribution in [0, 0.1) is 19.8 Å². The number of benzene rings is 1. The van der Waals surface area contributed by atoms with Crippen LogP contribution in [0.5, 0.6) is 0 Å².